The normalized spacial score (nSPS) is 17.1. The number of hydrogen-bond acceptors (Lipinski definition) is 2. The van der Waals surface area contributed by atoms with Gasteiger partial charge in [-0.3, -0.25) is 4.79 Å². The fraction of sp³-hybridized carbons (Fsp3) is 0.188. The Hall–Kier alpha value is -1.36. The highest BCUT2D eigenvalue weighted by Gasteiger charge is 2.23. The molecule has 5 heteroatoms. The number of rotatable bonds is 2. The number of anilines is 1. The average Bonchev–Trinajstić information content (AvgIpc) is 2.50. The van der Waals surface area contributed by atoms with Gasteiger partial charge in [0.15, 0.2) is 0 Å². The van der Waals surface area contributed by atoms with Crippen molar-refractivity contribution in [3.8, 4) is 0 Å². The zero-order valence-electron chi connectivity index (χ0n) is 11.2. The van der Waals surface area contributed by atoms with Gasteiger partial charge in [-0.05, 0) is 51.7 Å². The quantitative estimate of drug-likeness (QED) is 0.851. The molecule has 0 aliphatic carbocycles. The van der Waals surface area contributed by atoms with Crippen molar-refractivity contribution in [3.05, 3.63) is 63.1 Å². The van der Waals surface area contributed by atoms with E-state index < -0.39 is 0 Å². The van der Waals surface area contributed by atoms with Gasteiger partial charge in [-0.25, -0.2) is 0 Å². The van der Waals surface area contributed by atoms with Crippen molar-refractivity contribution in [3.63, 3.8) is 0 Å². The van der Waals surface area contributed by atoms with E-state index in [9.17, 15) is 4.79 Å². The lowest BCUT2D eigenvalue weighted by atomic mass is 9.95. The van der Waals surface area contributed by atoms with Crippen LogP contribution in [0.2, 0.25) is 5.02 Å². The molecule has 0 bridgehead atoms. The molecule has 3 rings (SSSR count). The third-order valence-corrected chi connectivity index (χ3v) is 4.82. The Bertz CT molecular complexity index is 690. The molecule has 0 saturated carbocycles. The number of carbonyl (C=O) groups excluding carboxylic acids is 1. The maximum atomic E-state index is 12.3. The summed E-state index contributed by atoms with van der Waals surface area (Å²) < 4.78 is 0.812. The fourth-order valence-corrected chi connectivity index (χ4v) is 2.87. The van der Waals surface area contributed by atoms with Crippen LogP contribution in [0.5, 0.6) is 0 Å². The largest absolute Gasteiger partial charge is 0.325 e. The van der Waals surface area contributed by atoms with E-state index in [4.69, 9.17) is 11.6 Å². The van der Waals surface area contributed by atoms with Crippen LogP contribution in [0.3, 0.4) is 0 Å². The predicted molar refractivity (Wildman–Crippen MR) is 88.6 cm³/mol. The molecule has 0 aromatic heterocycles. The Morgan fingerprint density at radius 1 is 1.24 bits per heavy atom. The van der Waals surface area contributed by atoms with Crippen LogP contribution in [0.4, 0.5) is 5.69 Å². The van der Waals surface area contributed by atoms with Gasteiger partial charge in [0.05, 0.1) is 11.1 Å². The molecule has 1 aliphatic rings. The molecule has 0 spiro atoms. The minimum Gasteiger partial charge on any atom is -0.325 e. The summed E-state index contributed by atoms with van der Waals surface area (Å²) in [5, 5.41) is 6.75. The minimum atomic E-state index is -0.220. The zero-order chi connectivity index (χ0) is 14.8. The Kier molecular flexibility index (Phi) is 4.29. The van der Waals surface area contributed by atoms with Crippen molar-refractivity contribution in [1.29, 1.82) is 0 Å². The molecule has 2 N–H and O–H groups in total. The SMILES string of the molecule is O=C(Nc1ccc(Br)c(Cl)c1)C1Cc2ccccc2CN1. The first-order chi connectivity index (χ1) is 10.1. The van der Waals surface area contributed by atoms with Crippen molar-refractivity contribution in [2.24, 2.45) is 0 Å². The van der Waals surface area contributed by atoms with Crippen LogP contribution in [0.1, 0.15) is 11.1 Å². The standard InChI is InChI=1S/C16H14BrClN2O/c17-13-6-5-12(8-14(13)18)20-16(21)15-7-10-3-1-2-4-11(10)9-19-15/h1-6,8,15,19H,7,9H2,(H,20,21). The summed E-state index contributed by atoms with van der Waals surface area (Å²) in [6.45, 7) is 0.718. The van der Waals surface area contributed by atoms with Crippen molar-refractivity contribution in [2.45, 2.75) is 19.0 Å². The average molecular weight is 366 g/mol. The van der Waals surface area contributed by atoms with Crippen molar-refractivity contribution >= 4 is 39.1 Å². The third kappa shape index (κ3) is 3.28. The van der Waals surface area contributed by atoms with Crippen molar-refractivity contribution in [2.75, 3.05) is 5.32 Å². The van der Waals surface area contributed by atoms with Gasteiger partial charge in [0.1, 0.15) is 0 Å². The third-order valence-electron chi connectivity index (χ3n) is 3.58. The Morgan fingerprint density at radius 3 is 2.76 bits per heavy atom. The van der Waals surface area contributed by atoms with Crippen LogP contribution >= 0.6 is 27.5 Å². The number of benzene rings is 2. The highest BCUT2D eigenvalue weighted by atomic mass is 79.9. The molecule has 2 aromatic rings. The van der Waals surface area contributed by atoms with E-state index >= 15 is 0 Å². The molecule has 1 amide bonds. The Morgan fingerprint density at radius 2 is 2.00 bits per heavy atom. The molecule has 2 aromatic carbocycles. The molecule has 1 unspecified atom stereocenters. The lowest BCUT2D eigenvalue weighted by Gasteiger charge is -2.25. The summed E-state index contributed by atoms with van der Waals surface area (Å²) >= 11 is 9.37. The molecule has 1 aliphatic heterocycles. The van der Waals surface area contributed by atoms with E-state index in [1.54, 1.807) is 6.07 Å². The van der Waals surface area contributed by atoms with Crippen LogP contribution in [0, 0.1) is 0 Å². The molecule has 0 fully saturated rings. The van der Waals surface area contributed by atoms with E-state index in [1.807, 2.05) is 24.3 Å². The summed E-state index contributed by atoms with van der Waals surface area (Å²) in [5.74, 6) is -0.0390. The molecule has 21 heavy (non-hydrogen) atoms. The summed E-state index contributed by atoms with van der Waals surface area (Å²) in [6.07, 6.45) is 0.701. The molecule has 1 atom stereocenters. The monoisotopic (exact) mass is 364 g/mol. The smallest absolute Gasteiger partial charge is 0.241 e. The van der Waals surface area contributed by atoms with Gasteiger partial charge < -0.3 is 10.6 Å². The summed E-state index contributed by atoms with van der Waals surface area (Å²) in [5.41, 5.74) is 3.19. The topological polar surface area (TPSA) is 41.1 Å². The highest BCUT2D eigenvalue weighted by molar-refractivity contribution is 9.10. The molecule has 0 radical (unpaired) electrons. The van der Waals surface area contributed by atoms with Crippen molar-refractivity contribution in [1.82, 2.24) is 5.32 Å². The summed E-state index contributed by atoms with van der Waals surface area (Å²) in [4.78, 5) is 12.3. The van der Waals surface area contributed by atoms with Gasteiger partial charge in [-0.15, -0.1) is 0 Å². The number of fused-ring (bicyclic) bond motifs is 1. The first-order valence-electron chi connectivity index (χ1n) is 6.69. The van der Waals surface area contributed by atoms with Crippen LogP contribution in [0.15, 0.2) is 46.9 Å². The van der Waals surface area contributed by atoms with Crippen LogP contribution in [-0.4, -0.2) is 11.9 Å². The maximum Gasteiger partial charge on any atom is 0.241 e. The number of hydrogen-bond donors (Lipinski definition) is 2. The molecular formula is C16H14BrClN2O. The van der Waals surface area contributed by atoms with Gasteiger partial charge in [0, 0.05) is 16.7 Å². The Balaban J connectivity index is 1.70. The van der Waals surface area contributed by atoms with E-state index in [0.29, 0.717) is 17.1 Å². The second kappa shape index (κ2) is 6.18. The van der Waals surface area contributed by atoms with E-state index in [-0.39, 0.29) is 11.9 Å². The van der Waals surface area contributed by atoms with Gasteiger partial charge in [-0.2, -0.15) is 0 Å². The number of amides is 1. The summed E-state index contributed by atoms with van der Waals surface area (Å²) in [6, 6.07) is 13.4. The van der Waals surface area contributed by atoms with Crippen LogP contribution in [0.25, 0.3) is 0 Å². The van der Waals surface area contributed by atoms with Gasteiger partial charge >= 0.3 is 0 Å². The second-order valence-electron chi connectivity index (χ2n) is 5.02. The maximum absolute atomic E-state index is 12.3. The van der Waals surface area contributed by atoms with Crippen molar-refractivity contribution < 1.29 is 4.79 Å². The number of halogens is 2. The fourth-order valence-electron chi connectivity index (χ4n) is 2.44. The lowest BCUT2D eigenvalue weighted by Crippen LogP contribution is -2.44. The molecule has 0 saturated heterocycles. The van der Waals surface area contributed by atoms with E-state index in [0.717, 1.165) is 11.0 Å². The van der Waals surface area contributed by atoms with Gasteiger partial charge in [0.2, 0.25) is 5.91 Å². The van der Waals surface area contributed by atoms with E-state index in [2.05, 4.69) is 38.7 Å². The minimum absolute atomic E-state index is 0.0390. The highest BCUT2D eigenvalue weighted by Crippen LogP contribution is 2.26. The zero-order valence-corrected chi connectivity index (χ0v) is 13.5. The molecule has 3 nitrogen and oxygen atoms in total. The van der Waals surface area contributed by atoms with Crippen LogP contribution < -0.4 is 10.6 Å². The second-order valence-corrected chi connectivity index (χ2v) is 6.29. The number of carbonyl (C=O) groups is 1. The Labute approximate surface area is 136 Å². The van der Waals surface area contributed by atoms with Crippen LogP contribution in [-0.2, 0) is 17.8 Å². The van der Waals surface area contributed by atoms with E-state index in [1.165, 1.54) is 11.1 Å². The number of nitrogens with one attached hydrogen (secondary N) is 2. The first-order valence-corrected chi connectivity index (χ1v) is 7.86. The predicted octanol–water partition coefficient (Wildman–Crippen LogP) is 3.76. The molecule has 108 valence electrons. The molecule has 1 heterocycles. The van der Waals surface area contributed by atoms with Gasteiger partial charge in [0.25, 0.3) is 0 Å². The first kappa shape index (κ1) is 14.6. The lowest BCUT2D eigenvalue weighted by molar-refractivity contribution is -0.118. The molecular weight excluding hydrogens is 352 g/mol. The van der Waals surface area contributed by atoms with Gasteiger partial charge in [-0.1, -0.05) is 35.9 Å². The summed E-state index contributed by atoms with van der Waals surface area (Å²) in [7, 11) is 0.